The minimum absolute atomic E-state index is 0.0497. The van der Waals surface area contributed by atoms with Gasteiger partial charge >= 0.3 is 0 Å². The zero-order chi connectivity index (χ0) is 19.6. The lowest BCUT2D eigenvalue weighted by Crippen LogP contribution is -2.50. The number of hydrogen-bond donors (Lipinski definition) is 1. The van der Waals surface area contributed by atoms with Gasteiger partial charge < -0.3 is 10.1 Å². The van der Waals surface area contributed by atoms with Gasteiger partial charge in [-0.3, -0.25) is 14.6 Å². The maximum atomic E-state index is 11.9. The first kappa shape index (κ1) is 23.7. The summed E-state index contributed by atoms with van der Waals surface area (Å²) in [5, 5.41) is 3.00. The van der Waals surface area contributed by atoms with E-state index in [1.165, 1.54) is 0 Å². The van der Waals surface area contributed by atoms with E-state index in [-0.39, 0.29) is 16.3 Å². The Kier molecular flexibility index (Phi) is 10.5. The fourth-order valence-electron chi connectivity index (χ4n) is 2.95. The summed E-state index contributed by atoms with van der Waals surface area (Å²) in [6.45, 7) is 21.0. The molecule has 0 aromatic carbocycles. The highest BCUT2D eigenvalue weighted by Crippen LogP contribution is 2.25. The molecule has 0 atom stereocenters. The van der Waals surface area contributed by atoms with Gasteiger partial charge in [0.15, 0.2) is 0 Å². The van der Waals surface area contributed by atoms with Gasteiger partial charge in [-0.15, -0.1) is 11.8 Å². The predicted molar refractivity (Wildman–Crippen MR) is 113 cm³/mol. The first-order chi connectivity index (χ1) is 12.1. The zero-order valence-corrected chi connectivity index (χ0v) is 18.7. The van der Waals surface area contributed by atoms with Gasteiger partial charge in [0.05, 0.1) is 18.0 Å². The minimum Gasteiger partial charge on any atom is -0.375 e. The van der Waals surface area contributed by atoms with E-state index in [0.717, 1.165) is 65.3 Å². The van der Waals surface area contributed by atoms with Gasteiger partial charge in [-0.1, -0.05) is 13.3 Å². The molecule has 1 amide bonds. The van der Waals surface area contributed by atoms with Gasteiger partial charge in [-0.05, 0) is 41.0 Å². The third-order valence-electron chi connectivity index (χ3n) is 4.46. The lowest BCUT2D eigenvalue weighted by Gasteiger charge is -2.38. The number of piperazine rings is 1. The van der Waals surface area contributed by atoms with Crippen molar-refractivity contribution in [3.05, 3.63) is 0 Å². The van der Waals surface area contributed by atoms with Crippen molar-refractivity contribution in [2.45, 2.75) is 64.7 Å². The van der Waals surface area contributed by atoms with Crippen LogP contribution in [0.3, 0.4) is 0 Å². The summed E-state index contributed by atoms with van der Waals surface area (Å²) >= 11 is 1.77. The topological polar surface area (TPSA) is 44.8 Å². The summed E-state index contributed by atoms with van der Waals surface area (Å²) in [7, 11) is 0. The van der Waals surface area contributed by atoms with Gasteiger partial charge in [0.1, 0.15) is 0 Å². The van der Waals surface area contributed by atoms with Crippen LogP contribution in [0.1, 0.15) is 54.4 Å². The van der Waals surface area contributed by atoms with E-state index in [2.05, 4.69) is 56.7 Å². The molecule has 0 aliphatic carbocycles. The van der Waals surface area contributed by atoms with E-state index in [4.69, 9.17) is 4.74 Å². The third kappa shape index (κ3) is 11.4. The Morgan fingerprint density at radius 1 is 1.08 bits per heavy atom. The second kappa shape index (κ2) is 11.5. The van der Waals surface area contributed by atoms with Crippen molar-refractivity contribution in [2.75, 3.05) is 58.2 Å². The maximum Gasteiger partial charge on any atom is 0.230 e. The summed E-state index contributed by atoms with van der Waals surface area (Å²) in [6.07, 6.45) is 2.18. The molecule has 154 valence electrons. The molecule has 0 unspecified atom stereocenters. The number of amides is 1. The van der Waals surface area contributed by atoms with E-state index >= 15 is 0 Å². The number of nitrogens with zero attached hydrogens (tertiary/aromatic N) is 2. The number of carbonyl (C=O) groups excluding carboxylic acids is 1. The van der Waals surface area contributed by atoms with Gasteiger partial charge in [-0.25, -0.2) is 0 Å². The Labute approximate surface area is 165 Å². The number of carbonyl (C=O) groups is 1. The Balaban J connectivity index is 2.20. The highest BCUT2D eigenvalue weighted by molar-refractivity contribution is 8.01. The summed E-state index contributed by atoms with van der Waals surface area (Å²) in [4.78, 5) is 16.9. The van der Waals surface area contributed by atoms with E-state index in [1.54, 1.807) is 11.8 Å². The third-order valence-corrected chi connectivity index (χ3v) is 5.78. The number of hydrogen-bond acceptors (Lipinski definition) is 5. The van der Waals surface area contributed by atoms with Crippen LogP contribution < -0.4 is 5.32 Å². The molecule has 1 saturated heterocycles. The number of unbranched alkanes of at least 4 members (excludes halogenated alkanes) is 1. The number of nitrogens with one attached hydrogen (secondary N) is 1. The Morgan fingerprint density at radius 2 is 1.69 bits per heavy atom. The molecule has 0 saturated carbocycles. The van der Waals surface area contributed by atoms with Crippen LogP contribution in [0.25, 0.3) is 0 Å². The molecule has 26 heavy (non-hydrogen) atoms. The average Bonchev–Trinajstić information content (AvgIpc) is 2.54. The van der Waals surface area contributed by atoms with E-state index in [9.17, 15) is 4.79 Å². The second-order valence-electron chi connectivity index (χ2n) is 8.83. The molecule has 1 aliphatic heterocycles. The van der Waals surface area contributed by atoms with Crippen LogP contribution in [-0.4, -0.2) is 84.2 Å². The fraction of sp³-hybridized carbons (Fsp3) is 0.950. The van der Waals surface area contributed by atoms with Crippen molar-refractivity contribution in [3.8, 4) is 0 Å². The molecule has 1 N–H and O–H groups in total. The van der Waals surface area contributed by atoms with Crippen molar-refractivity contribution in [1.29, 1.82) is 0 Å². The van der Waals surface area contributed by atoms with Gasteiger partial charge in [0, 0.05) is 50.6 Å². The number of ether oxygens (including phenoxy) is 1. The molecule has 0 bridgehead atoms. The number of thioether (sulfide) groups is 1. The van der Waals surface area contributed by atoms with Crippen molar-refractivity contribution < 1.29 is 9.53 Å². The number of rotatable bonds is 11. The normalized spacial score (nSPS) is 17.5. The Bertz CT molecular complexity index is 402. The monoisotopic (exact) mass is 387 g/mol. The van der Waals surface area contributed by atoms with Crippen molar-refractivity contribution in [2.24, 2.45) is 0 Å². The largest absolute Gasteiger partial charge is 0.375 e. The highest BCUT2D eigenvalue weighted by Gasteiger charge is 2.26. The van der Waals surface area contributed by atoms with Crippen molar-refractivity contribution >= 4 is 17.7 Å². The molecule has 1 aliphatic rings. The van der Waals surface area contributed by atoms with E-state index < -0.39 is 0 Å². The SMILES string of the molecule is CCCCNC(=O)CSC(C)(C)CN1CCN(CCOC(C)(C)C)CC1. The Morgan fingerprint density at radius 3 is 2.27 bits per heavy atom. The molecule has 1 rings (SSSR count). The zero-order valence-electron chi connectivity index (χ0n) is 17.9. The lowest BCUT2D eigenvalue weighted by molar-refractivity contribution is -0.118. The van der Waals surface area contributed by atoms with Crippen LogP contribution in [0.15, 0.2) is 0 Å². The summed E-state index contributed by atoms with van der Waals surface area (Å²) in [5.41, 5.74) is -0.0497. The minimum atomic E-state index is -0.0497. The van der Waals surface area contributed by atoms with Crippen LogP contribution in [0.2, 0.25) is 0 Å². The molecule has 0 radical (unpaired) electrons. The standard InChI is InChI=1S/C20H41N3O2S/c1-7-8-9-21-18(24)16-26-20(5,6)17-23-12-10-22(11-13-23)14-15-25-19(2,3)4/h7-17H2,1-6H3,(H,21,24). The Hall–Kier alpha value is -0.300. The molecular weight excluding hydrogens is 346 g/mol. The molecule has 0 aromatic rings. The first-order valence-corrected chi connectivity index (χ1v) is 11.1. The van der Waals surface area contributed by atoms with Crippen LogP contribution in [0.5, 0.6) is 0 Å². The summed E-state index contributed by atoms with van der Waals surface area (Å²) < 4.78 is 5.93. The summed E-state index contributed by atoms with van der Waals surface area (Å²) in [5.74, 6) is 0.723. The molecule has 1 fully saturated rings. The van der Waals surface area contributed by atoms with Gasteiger partial charge in [0.2, 0.25) is 5.91 Å². The van der Waals surface area contributed by atoms with Crippen LogP contribution in [0.4, 0.5) is 0 Å². The highest BCUT2D eigenvalue weighted by atomic mass is 32.2. The van der Waals surface area contributed by atoms with E-state index in [0.29, 0.717) is 5.75 Å². The van der Waals surface area contributed by atoms with Crippen molar-refractivity contribution in [3.63, 3.8) is 0 Å². The first-order valence-electron chi connectivity index (χ1n) is 10.1. The molecular formula is C20H41N3O2S. The average molecular weight is 388 g/mol. The van der Waals surface area contributed by atoms with Crippen molar-refractivity contribution in [1.82, 2.24) is 15.1 Å². The van der Waals surface area contributed by atoms with Gasteiger partial charge in [0.25, 0.3) is 0 Å². The van der Waals surface area contributed by atoms with E-state index in [1.807, 2.05) is 0 Å². The predicted octanol–water partition coefficient (Wildman–Crippen LogP) is 2.85. The van der Waals surface area contributed by atoms with Gasteiger partial charge in [-0.2, -0.15) is 0 Å². The fourth-order valence-corrected chi connectivity index (χ4v) is 3.85. The van der Waals surface area contributed by atoms with Crippen LogP contribution in [0, 0.1) is 0 Å². The molecule has 6 heteroatoms. The lowest BCUT2D eigenvalue weighted by atomic mass is 10.1. The summed E-state index contributed by atoms with van der Waals surface area (Å²) in [6, 6.07) is 0. The molecule has 0 aromatic heterocycles. The molecule has 0 spiro atoms. The van der Waals surface area contributed by atoms with Crippen LogP contribution in [-0.2, 0) is 9.53 Å². The second-order valence-corrected chi connectivity index (χ2v) is 10.5. The quantitative estimate of drug-likeness (QED) is 0.552. The maximum absolute atomic E-state index is 11.9. The smallest absolute Gasteiger partial charge is 0.230 e. The van der Waals surface area contributed by atoms with Crippen LogP contribution >= 0.6 is 11.8 Å². The molecule has 5 nitrogen and oxygen atoms in total. The molecule has 1 heterocycles.